The first-order valence-electron chi connectivity index (χ1n) is 7.06. The van der Waals surface area contributed by atoms with Gasteiger partial charge in [-0.05, 0) is 37.0 Å². The number of carbonyl (C=O) groups is 1. The van der Waals surface area contributed by atoms with Crippen LogP contribution >= 0.6 is 0 Å². The molecular weight excluding hydrogens is 246 g/mol. The van der Waals surface area contributed by atoms with Gasteiger partial charge >= 0.3 is 0 Å². The van der Waals surface area contributed by atoms with Crippen LogP contribution in [0.5, 0.6) is 0 Å². The van der Waals surface area contributed by atoms with Gasteiger partial charge in [0.25, 0.3) is 5.91 Å². The Hall–Kier alpha value is -2.09. The molecule has 2 aromatic rings. The molecule has 0 heterocycles. The first-order valence-corrected chi connectivity index (χ1v) is 7.06. The molecule has 2 aromatic carbocycles. The molecule has 1 amide bonds. The Morgan fingerprint density at radius 2 is 1.50 bits per heavy atom. The van der Waals surface area contributed by atoms with E-state index in [1.54, 1.807) is 0 Å². The summed E-state index contributed by atoms with van der Waals surface area (Å²) in [5.41, 5.74) is 2.02. The normalized spacial score (nSPS) is 13.5. The van der Waals surface area contributed by atoms with Crippen molar-refractivity contribution < 1.29 is 4.79 Å². The zero-order chi connectivity index (χ0) is 14.4. The summed E-state index contributed by atoms with van der Waals surface area (Å²) in [6.07, 6.45) is 0.969. The Labute approximate surface area is 120 Å². The molecule has 0 bridgehead atoms. The van der Waals surface area contributed by atoms with Crippen molar-refractivity contribution in [1.29, 1.82) is 0 Å². The van der Waals surface area contributed by atoms with Crippen LogP contribution in [0.25, 0.3) is 0 Å². The van der Waals surface area contributed by atoms with Crippen molar-refractivity contribution in [3.8, 4) is 0 Å². The fourth-order valence-corrected chi connectivity index (χ4v) is 2.18. The summed E-state index contributed by atoms with van der Waals surface area (Å²) in [6.45, 7) is 4.23. The topological polar surface area (TPSA) is 29.1 Å². The number of hydrogen-bond acceptors (Lipinski definition) is 1. The Kier molecular flexibility index (Phi) is 4.94. The zero-order valence-corrected chi connectivity index (χ0v) is 12.0. The third-order valence-electron chi connectivity index (χ3n) is 3.65. The molecule has 2 nitrogen and oxygen atoms in total. The second-order valence-corrected chi connectivity index (χ2v) is 5.30. The number of amides is 1. The molecule has 0 spiro atoms. The lowest BCUT2D eigenvalue weighted by Crippen LogP contribution is -2.37. The molecule has 20 heavy (non-hydrogen) atoms. The summed E-state index contributed by atoms with van der Waals surface area (Å²) in [7, 11) is 0. The van der Waals surface area contributed by atoms with Gasteiger partial charge in [-0.3, -0.25) is 4.79 Å². The van der Waals surface area contributed by atoms with Crippen LogP contribution in [0.4, 0.5) is 0 Å². The molecule has 0 aliphatic rings. The van der Waals surface area contributed by atoms with E-state index in [-0.39, 0.29) is 11.9 Å². The van der Waals surface area contributed by atoms with Crippen LogP contribution in [0.1, 0.15) is 29.8 Å². The van der Waals surface area contributed by atoms with Crippen molar-refractivity contribution in [2.75, 3.05) is 0 Å². The number of hydrogen-bond donors (Lipinski definition) is 1. The average molecular weight is 267 g/mol. The number of carbonyl (C=O) groups excluding carboxylic acids is 1. The molecule has 2 atom stereocenters. The van der Waals surface area contributed by atoms with Crippen molar-refractivity contribution in [2.24, 2.45) is 5.92 Å². The molecule has 104 valence electrons. The van der Waals surface area contributed by atoms with Gasteiger partial charge < -0.3 is 5.32 Å². The fourth-order valence-electron chi connectivity index (χ4n) is 2.18. The summed E-state index contributed by atoms with van der Waals surface area (Å²) in [5.74, 6) is 0.392. The van der Waals surface area contributed by atoms with Gasteiger partial charge in [0.2, 0.25) is 0 Å². The molecule has 0 aliphatic heterocycles. The van der Waals surface area contributed by atoms with Crippen LogP contribution in [0.2, 0.25) is 0 Å². The smallest absolute Gasteiger partial charge is 0.251 e. The Morgan fingerprint density at radius 3 is 2.10 bits per heavy atom. The molecule has 0 fully saturated rings. The van der Waals surface area contributed by atoms with Crippen LogP contribution in [0, 0.1) is 5.92 Å². The lowest BCUT2D eigenvalue weighted by molar-refractivity contribution is 0.0928. The highest BCUT2D eigenvalue weighted by Gasteiger charge is 2.16. The summed E-state index contributed by atoms with van der Waals surface area (Å²) in [6, 6.07) is 19.9. The Morgan fingerprint density at radius 1 is 0.950 bits per heavy atom. The maximum absolute atomic E-state index is 12.1. The van der Waals surface area contributed by atoms with E-state index in [0.717, 1.165) is 6.42 Å². The third kappa shape index (κ3) is 3.95. The van der Waals surface area contributed by atoms with E-state index >= 15 is 0 Å². The van der Waals surface area contributed by atoms with Gasteiger partial charge in [0, 0.05) is 11.6 Å². The van der Waals surface area contributed by atoms with E-state index in [4.69, 9.17) is 0 Å². The van der Waals surface area contributed by atoms with E-state index < -0.39 is 0 Å². The molecule has 2 rings (SSSR count). The minimum absolute atomic E-state index is 0.00184. The second kappa shape index (κ2) is 6.90. The quantitative estimate of drug-likeness (QED) is 0.879. The summed E-state index contributed by atoms with van der Waals surface area (Å²) in [5, 5.41) is 3.08. The molecule has 0 saturated carbocycles. The van der Waals surface area contributed by atoms with Gasteiger partial charge in [0.1, 0.15) is 0 Å². The zero-order valence-electron chi connectivity index (χ0n) is 12.0. The first kappa shape index (κ1) is 14.3. The maximum atomic E-state index is 12.1. The van der Waals surface area contributed by atoms with Crippen molar-refractivity contribution >= 4 is 5.91 Å². The standard InChI is InChI=1S/C18H21NO/c1-14(13-16-9-5-3-6-10-16)15(2)19-18(20)17-11-7-4-8-12-17/h3-12,14-15H,13H2,1-2H3,(H,19,20). The van der Waals surface area contributed by atoms with Crippen LogP contribution in [0.15, 0.2) is 60.7 Å². The fraction of sp³-hybridized carbons (Fsp3) is 0.278. The highest BCUT2D eigenvalue weighted by atomic mass is 16.1. The predicted molar refractivity (Wildman–Crippen MR) is 82.7 cm³/mol. The largest absolute Gasteiger partial charge is 0.349 e. The lowest BCUT2D eigenvalue weighted by Gasteiger charge is -2.21. The summed E-state index contributed by atoms with van der Waals surface area (Å²) < 4.78 is 0. The van der Waals surface area contributed by atoms with Gasteiger partial charge in [-0.25, -0.2) is 0 Å². The Bertz CT molecular complexity index is 536. The summed E-state index contributed by atoms with van der Waals surface area (Å²) in [4.78, 5) is 12.1. The minimum atomic E-state index is -0.00184. The molecule has 2 heteroatoms. The highest BCUT2D eigenvalue weighted by Crippen LogP contribution is 2.12. The van der Waals surface area contributed by atoms with E-state index in [0.29, 0.717) is 11.5 Å². The molecular formula is C18H21NO. The van der Waals surface area contributed by atoms with Gasteiger partial charge in [-0.1, -0.05) is 55.5 Å². The first-order chi connectivity index (χ1) is 9.66. The van der Waals surface area contributed by atoms with E-state index in [2.05, 4.69) is 43.4 Å². The van der Waals surface area contributed by atoms with Gasteiger partial charge in [-0.2, -0.15) is 0 Å². The van der Waals surface area contributed by atoms with Crippen molar-refractivity contribution in [3.63, 3.8) is 0 Å². The van der Waals surface area contributed by atoms with Crippen LogP contribution in [-0.4, -0.2) is 11.9 Å². The van der Waals surface area contributed by atoms with Gasteiger partial charge in [0.05, 0.1) is 0 Å². The van der Waals surface area contributed by atoms with E-state index in [1.807, 2.05) is 36.4 Å². The predicted octanol–water partition coefficient (Wildman–Crippen LogP) is 3.68. The van der Waals surface area contributed by atoms with Gasteiger partial charge in [-0.15, -0.1) is 0 Å². The van der Waals surface area contributed by atoms with Crippen LogP contribution < -0.4 is 5.32 Å². The van der Waals surface area contributed by atoms with Crippen LogP contribution in [0.3, 0.4) is 0 Å². The molecule has 1 N–H and O–H groups in total. The molecule has 0 aromatic heterocycles. The van der Waals surface area contributed by atoms with Crippen molar-refractivity contribution in [2.45, 2.75) is 26.3 Å². The van der Waals surface area contributed by atoms with Crippen molar-refractivity contribution in [1.82, 2.24) is 5.32 Å². The summed E-state index contributed by atoms with van der Waals surface area (Å²) >= 11 is 0. The molecule has 0 aliphatic carbocycles. The highest BCUT2D eigenvalue weighted by molar-refractivity contribution is 5.94. The average Bonchev–Trinajstić information content (AvgIpc) is 2.49. The van der Waals surface area contributed by atoms with E-state index in [9.17, 15) is 4.79 Å². The molecule has 0 saturated heterocycles. The molecule has 2 unspecified atom stereocenters. The number of nitrogens with one attached hydrogen (secondary N) is 1. The number of benzene rings is 2. The van der Waals surface area contributed by atoms with Crippen molar-refractivity contribution in [3.05, 3.63) is 71.8 Å². The van der Waals surface area contributed by atoms with Crippen LogP contribution in [-0.2, 0) is 6.42 Å². The molecule has 0 radical (unpaired) electrons. The van der Waals surface area contributed by atoms with Gasteiger partial charge in [0.15, 0.2) is 0 Å². The lowest BCUT2D eigenvalue weighted by atomic mass is 9.95. The second-order valence-electron chi connectivity index (χ2n) is 5.30. The van der Waals surface area contributed by atoms with E-state index in [1.165, 1.54) is 5.56 Å². The minimum Gasteiger partial charge on any atom is -0.349 e. The maximum Gasteiger partial charge on any atom is 0.251 e. The third-order valence-corrected chi connectivity index (χ3v) is 3.65. The Balaban J connectivity index is 1.91. The SMILES string of the molecule is CC(Cc1ccccc1)C(C)NC(=O)c1ccccc1. The number of rotatable bonds is 5. The monoisotopic (exact) mass is 267 g/mol.